The highest BCUT2D eigenvalue weighted by Gasteiger charge is 2.14. The molecule has 1 aromatic heterocycles. The zero-order chi connectivity index (χ0) is 16.2. The van der Waals surface area contributed by atoms with Gasteiger partial charge in [0, 0.05) is 31.3 Å². The first-order valence-electron chi connectivity index (χ1n) is 7.70. The summed E-state index contributed by atoms with van der Waals surface area (Å²) in [5.41, 5.74) is 2.82. The largest absolute Gasteiger partial charge is 0.378 e. The Morgan fingerprint density at radius 1 is 1.35 bits per heavy atom. The second-order valence-corrected chi connectivity index (χ2v) is 5.61. The number of amides is 1. The van der Waals surface area contributed by atoms with Crippen LogP contribution < -0.4 is 10.2 Å². The Hall–Kier alpha value is -2.18. The summed E-state index contributed by atoms with van der Waals surface area (Å²) in [6.07, 6.45) is 0. The zero-order valence-corrected chi connectivity index (χ0v) is 13.5. The number of methoxy groups -OCH3 is 1. The number of hydrogen-bond acceptors (Lipinski definition) is 5. The van der Waals surface area contributed by atoms with Crippen molar-refractivity contribution in [1.29, 1.82) is 0 Å². The summed E-state index contributed by atoms with van der Waals surface area (Å²) in [5.74, 6) is 0.817. The van der Waals surface area contributed by atoms with E-state index in [0.717, 1.165) is 54.3 Å². The average Bonchev–Trinajstić information content (AvgIpc) is 2.56. The first kappa shape index (κ1) is 15.7. The molecule has 1 fully saturated rings. The fourth-order valence-corrected chi connectivity index (χ4v) is 2.74. The van der Waals surface area contributed by atoms with Gasteiger partial charge in [0.25, 0.3) is 0 Å². The lowest BCUT2D eigenvalue weighted by molar-refractivity contribution is -0.119. The molecule has 1 aliphatic rings. The topological polar surface area (TPSA) is 63.7 Å². The van der Waals surface area contributed by atoms with Crippen LogP contribution in [0.1, 0.15) is 5.56 Å². The van der Waals surface area contributed by atoms with E-state index in [9.17, 15) is 4.79 Å². The van der Waals surface area contributed by atoms with E-state index < -0.39 is 0 Å². The third kappa shape index (κ3) is 3.60. The van der Waals surface area contributed by atoms with Crippen LogP contribution in [0.15, 0.2) is 24.3 Å². The minimum atomic E-state index is -0.164. The SMILES string of the molecule is COCC(=O)Nc1ccc2nc(N3CCOCC3)cc(C)c2c1. The smallest absolute Gasteiger partial charge is 0.250 e. The molecule has 1 amide bonds. The second-order valence-electron chi connectivity index (χ2n) is 5.61. The molecule has 0 bridgehead atoms. The summed E-state index contributed by atoms with van der Waals surface area (Å²) >= 11 is 0. The number of pyridine rings is 1. The Bertz CT molecular complexity index is 712. The maximum Gasteiger partial charge on any atom is 0.250 e. The van der Waals surface area contributed by atoms with Crippen LogP contribution in [0.2, 0.25) is 0 Å². The molecule has 0 radical (unpaired) electrons. The highest BCUT2D eigenvalue weighted by molar-refractivity contribution is 5.95. The van der Waals surface area contributed by atoms with E-state index in [1.54, 1.807) is 0 Å². The molecule has 1 saturated heterocycles. The van der Waals surface area contributed by atoms with Crippen molar-refractivity contribution in [3.05, 3.63) is 29.8 Å². The van der Waals surface area contributed by atoms with E-state index >= 15 is 0 Å². The van der Waals surface area contributed by atoms with E-state index in [2.05, 4.69) is 23.2 Å². The summed E-state index contributed by atoms with van der Waals surface area (Å²) in [6, 6.07) is 7.85. The van der Waals surface area contributed by atoms with Gasteiger partial charge < -0.3 is 19.7 Å². The third-order valence-electron chi connectivity index (χ3n) is 3.90. The molecule has 1 aromatic carbocycles. The van der Waals surface area contributed by atoms with Gasteiger partial charge in [0.15, 0.2) is 0 Å². The van der Waals surface area contributed by atoms with Crippen molar-refractivity contribution < 1.29 is 14.3 Å². The van der Waals surface area contributed by atoms with Crippen molar-refractivity contribution in [2.24, 2.45) is 0 Å². The lowest BCUT2D eigenvalue weighted by Crippen LogP contribution is -2.36. The summed E-state index contributed by atoms with van der Waals surface area (Å²) < 4.78 is 10.2. The number of hydrogen-bond donors (Lipinski definition) is 1. The summed E-state index contributed by atoms with van der Waals surface area (Å²) in [4.78, 5) is 18.6. The number of ether oxygens (including phenoxy) is 2. The van der Waals surface area contributed by atoms with Crippen molar-refractivity contribution in [3.8, 4) is 0 Å². The highest BCUT2D eigenvalue weighted by atomic mass is 16.5. The number of morpholine rings is 1. The lowest BCUT2D eigenvalue weighted by atomic mass is 10.1. The van der Waals surface area contributed by atoms with Crippen molar-refractivity contribution in [3.63, 3.8) is 0 Å². The maximum atomic E-state index is 11.6. The Labute approximate surface area is 135 Å². The number of rotatable bonds is 4. The third-order valence-corrected chi connectivity index (χ3v) is 3.90. The normalized spacial score (nSPS) is 15.0. The van der Waals surface area contributed by atoms with Crippen molar-refractivity contribution in [2.45, 2.75) is 6.92 Å². The van der Waals surface area contributed by atoms with Crippen LogP contribution in [0.3, 0.4) is 0 Å². The number of aromatic nitrogens is 1. The maximum absolute atomic E-state index is 11.6. The quantitative estimate of drug-likeness (QED) is 0.934. The van der Waals surface area contributed by atoms with Crippen molar-refractivity contribution in [1.82, 2.24) is 4.98 Å². The van der Waals surface area contributed by atoms with Gasteiger partial charge >= 0.3 is 0 Å². The second kappa shape index (κ2) is 6.93. The molecule has 0 saturated carbocycles. The van der Waals surface area contributed by atoms with E-state index in [4.69, 9.17) is 14.5 Å². The van der Waals surface area contributed by atoms with Crippen LogP contribution in [0.25, 0.3) is 10.9 Å². The molecule has 0 atom stereocenters. The number of carbonyl (C=O) groups is 1. The molecule has 23 heavy (non-hydrogen) atoms. The molecule has 6 heteroatoms. The van der Waals surface area contributed by atoms with Gasteiger partial charge in [-0.2, -0.15) is 0 Å². The summed E-state index contributed by atoms with van der Waals surface area (Å²) in [6.45, 7) is 5.32. The minimum absolute atomic E-state index is 0.0469. The molecule has 1 aliphatic heterocycles. The van der Waals surface area contributed by atoms with E-state index in [-0.39, 0.29) is 12.5 Å². The van der Waals surface area contributed by atoms with E-state index in [0.29, 0.717) is 0 Å². The van der Waals surface area contributed by atoms with Crippen molar-refractivity contribution in [2.75, 3.05) is 50.2 Å². The van der Waals surface area contributed by atoms with Crippen LogP contribution in [-0.2, 0) is 14.3 Å². The number of nitrogens with one attached hydrogen (secondary N) is 1. The number of carbonyl (C=O) groups excluding carboxylic acids is 1. The van der Waals surface area contributed by atoms with Gasteiger partial charge in [0.1, 0.15) is 12.4 Å². The van der Waals surface area contributed by atoms with Crippen LogP contribution in [0.5, 0.6) is 0 Å². The Kier molecular flexibility index (Phi) is 4.73. The predicted molar refractivity (Wildman–Crippen MR) is 90.0 cm³/mol. The minimum Gasteiger partial charge on any atom is -0.378 e. The lowest BCUT2D eigenvalue weighted by Gasteiger charge is -2.28. The number of nitrogens with zero attached hydrogens (tertiary/aromatic N) is 2. The molecule has 1 N–H and O–H groups in total. The standard InChI is InChI=1S/C17H21N3O3/c1-12-9-16(20-5-7-23-8-6-20)19-15-4-3-13(10-14(12)15)18-17(21)11-22-2/h3-4,9-10H,5-8,11H2,1-2H3,(H,18,21). The molecule has 3 rings (SSSR count). The molecule has 0 spiro atoms. The summed E-state index contributed by atoms with van der Waals surface area (Å²) in [7, 11) is 1.50. The van der Waals surface area contributed by atoms with Gasteiger partial charge in [0.05, 0.1) is 18.7 Å². The van der Waals surface area contributed by atoms with Gasteiger partial charge in [-0.05, 0) is 36.8 Å². The monoisotopic (exact) mass is 315 g/mol. The van der Waals surface area contributed by atoms with E-state index in [1.165, 1.54) is 7.11 Å². The predicted octanol–water partition coefficient (Wildman–Crippen LogP) is 1.96. The number of benzene rings is 1. The first-order chi connectivity index (χ1) is 11.2. The molecular weight excluding hydrogens is 294 g/mol. The molecule has 0 aliphatic carbocycles. The van der Waals surface area contributed by atoms with Gasteiger partial charge in [-0.3, -0.25) is 4.79 Å². The number of aryl methyl sites for hydroxylation is 1. The Morgan fingerprint density at radius 3 is 2.87 bits per heavy atom. The Balaban J connectivity index is 1.88. The van der Waals surface area contributed by atoms with Crippen LogP contribution in [-0.4, -0.2) is 50.9 Å². The van der Waals surface area contributed by atoms with Gasteiger partial charge in [0.2, 0.25) is 5.91 Å². The molecule has 122 valence electrons. The number of fused-ring (bicyclic) bond motifs is 1. The van der Waals surface area contributed by atoms with Crippen LogP contribution in [0, 0.1) is 6.92 Å². The fraction of sp³-hybridized carbons (Fsp3) is 0.412. The molecule has 2 aromatic rings. The van der Waals surface area contributed by atoms with Gasteiger partial charge in [-0.15, -0.1) is 0 Å². The van der Waals surface area contributed by atoms with Crippen molar-refractivity contribution >= 4 is 28.3 Å². The Morgan fingerprint density at radius 2 is 2.13 bits per heavy atom. The fourth-order valence-electron chi connectivity index (χ4n) is 2.74. The number of anilines is 2. The van der Waals surface area contributed by atoms with E-state index in [1.807, 2.05) is 18.2 Å². The molecule has 2 heterocycles. The molecule has 0 unspecified atom stereocenters. The molecular formula is C17H21N3O3. The first-order valence-corrected chi connectivity index (χ1v) is 7.70. The van der Waals surface area contributed by atoms with Gasteiger partial charge in [-0.25, -0.2) is 4.98 Å². The molecule has 6 nitrogen and oxygen atoms in total. The summed E-state index contributed by atoms with van der Waals surface area (Å²) in [5, 5.41) is 3.86. The average molecular weight is 315 g/mol. The highest BCUT2D eigenvalue weighted by Crippen LogP contribution is 2.25. The zero-order valence-electron chi connectivity index (χ0n) is 13.5. The van der Waals surface area contributed by atoms with Gasteiger partial charge in [-0.1, -0.05) is 0 Å². The van der Waals surface area contributed by atoms with Crippen LogP contribution >= 0.6 is 0 Å². The van der Waals surface area contributed by atoms with Crippen LogP contribution in [0.4, 0.5) is 11.5 Å².